The zero-order valence-corrected chi connectivity index (χ0v) is 19.2. The van der Waals surface area contributed by atoms with Gasteiger partial charge in [-0.1, -0.05) is 35.0 Å². The first-order chi connectivity index (χ1) is 16.3. The highest BCUT2D eigenvalue weighted by Crippen LogP contribution is 2.35. The molecule has 3 atom stereocenters. The van der Waals surface area contributed by atoms with Crippen LogP contribution in [0.15, 0.2) is 51.8 Å². The van der Waals surface area contributed by atoms with E-state index >= 15 is 0 Å². The number of carbonyl (C=O) groups excluding carboxylic acids is 1. The number of nitrogens with zero attached hydrogens (tertiary/aromatic N) is 2. The molecule has 2 N–H and O–H groups in total. The number of hydrogen-bond acceptors (Lipinski definition) is 5. The molecule has 0 bridgehead atoms. The molecule has 3 unspecified atom stereocenters. The van der Waals surface area contributed by atoms with E-state index in [4.69, 9.17) is 16.1 Å². The number of nitrogens with one attached hydrogen (secondary N) is 1. The van der Waals surface area contributed by atoms with Gasteiger partial charge in [-0.05, 0) is 62.4 Å². The van der Waals surface area contributed by atoms with Crippen LogP contribution in [0.2, 0.25) is 5.02 Å². The number of aliphatic hydroxyl groups is 1. The van der Waals surface area contributed by atoms with Crippen molar-refractivity contribution >= 4 is 39.3 Å². The van der Waals surface area contributed by atoms with Gasteiger partial charge in [0.2, 0.25) is 0 Å². The molecule has 9 heteroatoms. The third-order valence-electron chi connectivity index (χ3n) is 6.58. The van der Waals surface area contributed by atoms with Crippen molar-refractivity contribution in [3.63, 3.8) is 0 Å². The van der Waals surface area contributed by atoms with Crippen molar-refractivity contribution in [1.82, 2.24) is 15.0 Å². The van der Waals surface area contributed by atoms with Gasteiger partial charge in [0.1, 0.15) is 22.5 Å². The normalized spacial score (nSPS) is 19.4. The average Bonchev–Trinajstić information content (AvgIpc) is 3.21. The van der Waals surface area contributed by atoms with Crippen LogP contribution in [0.3, 0.4) is 0 Å². The molecule has 2 heterocycles. The molecule has 5 rings (SSSR count). The monoisotopic (exact) mass is 483 g/mol. The van der Waals surface area contributed by atoms with E-state index in [2.05, 4.69) is 10.5 Å². The van der Waals surface area contributed by atoms with Crippen LogP contribution >= 0.6 is 11.6 Å². The van der Waals surface area contributed by atoms with Crippen LogP contribution in [0.4, 0.5) is 4.39 Å². The van der Waals surface area contributed by atoms with Gasteiger partial charge in [-0.3, -0.25) is 9.59 Å². The molecule has 34 heavy (non-hydrogen) atoms. The zero-order chi connectivity index (χ0) is 24.0. The summed E-state index contributed by atoms with van der Waals surface area (Å²) in [6, 6.07) is 10.1. The Labute approximate surface area is 199 Å². The van der Waals surface area contributed by atoms with Crippen molar-refractivity contribution in [2.24, 2.45) is 0 Å². The van der Waals surface area contributed by atoms with Crippen LogP contribution in [-0.4, -0.2) is 26.8 Å². The lowest BCUT2D eigenvalue weighted by Gasteiger charge is -2.32. The van der Waals surface area contributed by atoms with E-state index in [1.54, 1.807) is 23.6 Å². The van der Waals surface area contributed by atoms with Crippen molar-refractivity contribution < 1.29 is 18.8 Å². The molecular weight excluding hydrogens is 461 g/mol. The number of halogens is 2. The summed E-state index contributed by atoms with van der Waals surface area (Å²) < 4.78 is 20.2. The third kappa shape index (κ3) is 3.86. The third-order valence-corrected chi connectivity index (χ3v) is 6.89. The molecule has 4 aromatic rings. The Morgan fingerprint density at radius 1 is 1.24 bits per heavy atom. The largest absolute Gasteiger partial charge is 0.378 e. The lowest BCUT2D eigenvalue weighted by atomic mass is 9.90. The molecule has 1 fully saturated rings. The Hall–Kier alpha value is -3.23. The van der Waals surface area contributed by atoms with Gasteiger partial charge in [-0.15, -0.1) is 0 Å². The molecule has 2 aromatic carbocycles. The van der Waals surface area contributed by atoms with E-state index < -0.39 is 17.8 Å². The van der Waals surface area contributed by atoms with Gasteiger partial charge in [-0.25, -0.2) is 4.39 Å². The zero-order valence-electron chi connectivity index (χ0n) is 18.4. The Morgan fingerprint density at radius 3 is 2.76 bits per heavy atom. The van der Waals surface area contributed by atoms with Gasteiger partial charge in [-0.2, -0.15) is 0 Å². The minimum absolute atomic E-state index is 0.186. The average molecular weight is 484 g/mol. The Kier molecular flexibility index (Phi) is 5.87. The first kappa shape index (κ1) is 22.6. The fourth-order valence-electron chi connectivity index (χ4n) is 4.94. The molecule has 0 saturated heterocycles. The van der Waals surface area contributed by atoms with Crippen LogP contribution < -0.4 is 10.9 Å². The predicted molar refractivity (Wildman–Crippen MR) is 126 cm³/mol. The summed E-state index contributed by atoms with van der Waals surface area (Å²) in [4.78, 5) is 26.2. The maximum Gasteiger partial charge on any atom is 0.264 e. The molecule has 1 aliphatic rings. The molecule has 176 valence electrons. The van der Waals surface area contributed by atoms with Crippen LogP contribution in [0.1, 0.15) is 49.2 Å². The minimum atomic E-state index is -1.40. The van der Waals surface area contributed by atoms with E-state index in [1.165, 1.54) is 24.3 Å². The first-order valence-electron chi connectivity index (χ1n) is 11.2. The number of hydrogen-bond donors (Lipinski definition) is 2. The van der Waals surface area contributed by atoms with Crippen molar-refractivity contribution in [2.45, 2.75) is 50.8 Å². The molecule has 1 saturated carbocycles. The standard InChI is InChI=1S/C25H23ClFN3O4/c1-13-20-22(29-34-13)21-18(26)6-3-7-19(21)30(25(20)33)17-5-2-4-16(12-17)28-24(32)23(31)14-8-10-15(27)11-9-14/h3,6-11,16-17,23,31H,2,4-5,12H2,1H3,(H,28,32). The summed E-state index contributed by atoms with van der Waals surface area (Å²) in [5.41, 5.74) is 1.23. The van der Waals surface area contributed by atoms with E-state index in [9.17, 15) is 19.1 Å². The molecule has 1 aliphatic carbocycles. The summed E-state index contributed by atoms with van der Waals surface area (Å²) in [5.74, 6) is -0.564. The highest BCUT2D eigenvalue weighted by atomic mass is 35.5. The molecule has 2 aromatic heterocycles. The number of aromatic nitrogens is 2. The SMILES string of the molecule is Cc1onc2c1c(=O)n(C1CCCC(NC(=O)C(O)c3ccc(F)cc3)C1)c1cccc(Cl)c21. The van der Waals surface area contributed by atoms with Gasteiger partial charge in [0.25, 0.3) is 11.5 Å². The smallest absolute Gasteiger partial charge is 0.264 e. The van der Waals surface area contributed by atoms with Crippen molar-refractivity contribution in [3.8, 4) is 0 Å². The summed E-state index contributed by atoms with van der Waals surface area (Å²) in [6.45, 7) is 1.70. The van der Waals surface area contributed by atoms with Crippen molar-refractivity contribution in [1.29, 1.82) is 0 Å². The molecular formula is C25H23ClFN3O4. The Morgan fingerprint density at radius 2 is 2.00 bits per heavy atom. The second kappa shape index (κ2) is 8.85. The Balaban J connectivity index is 1.46. The van der Waals surface area contributed by atoms with Gasteiger partial charge in [0.15, 0.2) is 6.10 Å². The molecule has 7 nitrogen and oxygen atoms in total. The van der Waals surface area contributed by atoms with Gasteiger partial charge in [0.05, 0.1) is 10.5 Å². The van der Waals surface area contributed by atoms with Gasteiger partial charge >= 0.3 is 0 Å². The number of fused-ring (bicyclic) bond motifs is 3. The molecule has 0 spiro atoms. The van der Waals surface area contributed by atoms with Crippen LogP contribution in [0.25, 0.3) is 21.8 Å². The maximum absolute atomic E-state index is 13.5. The summed E-state index contributed by atoms with van der Waals surface area (Å²) in [5, 5.41) is 18.9. The number of pyridine rings is 1. The fraction of sp³-hybridized carbons (Fsp3) is 0.320. The summed E-state index contributed by atoms with van der Waals surface area (Å²) >= 11 is 6.50. The first-order valence-corrected chi connectivity index (χ1v) is 11.6. The van der Waals surface area contributed by atoms with Gasteiger partial charge in [0, 0.05) is 17.5 Å². The number of rotatable bonds is 4. The van der Waals surface area contributed by atoms with E-state index in [0.29, 0.717) is 44.6 Å². The summed E-state index contributed by atoms with van der Waals surface area (Å²) in [7, 11) is 0. The topological polar surface area (TPSA) is 97.4 Å². The van der Waals surface area contributed by atoms with E-state index in [0.717, 1.165) is 19.3 Å². The predicted octanol–water partition coefficient (Wildman–Crippen LogP) is 4.58. The van der Waals surface area contributed by atoms with Crippen LogP contribution in [0, 0.1) is 12.7 Å². The highest BCUT2D eigenvalue weighted by Gasteiger charge is 2.30. The number of amides is 1. The maximum atomic E-state index is 13.5. The molecule has 0 radical (unpaired) electrons. The molecule has 1 amide bonds. The number of aryl methyl sites for hydroxylation is 1. The lowest BCUT2D eigenvalue weighted by Crippen LogP contribution is -2.42. The van der Waals surface area contributed by atoms with E-state index in [1.807, 2.05) is 6.07 Å². The number of aliphatic hydroxyl groups excluding tert-OH is 1. The van der Waals surface area contributed by atoms with Crippen LogP contribution in [0.5, 0.6) is 0 Å². The second-order valence-corrected chi connectivity index (χ2v) is 9.16. The van der Waals surface area contributed by atoms with E-state index in [-0.39, 0.29) is 17.6 Å². The fourth-order valence-corrected chi connectivity index (χ4v) is 5.20. The summed E-state index contributed by atoms with van der Waals surface area (Å²) in [6.07, 6.45) is 1.38. The van der Waals surface area contributed by atoms with Crippen molar-refractivity contribution in [3.05, 3.63) is 75.0 Å². The highest BCUT2D eigenvalue weighted by molar-refractivity contribution is 6.37. The molecule has 0 aliphatic heterocycles. The lowest BCUT2D eigenvalue weighted by molar-refractivity contribution is -0.130. The van der Waals surface area contributed by atoms with Gasteiger partial charge < -0.3 is 19.5 Å². The number of benzene rings is 2. The number of carbonyl (C=O) groups is 1. The quantitative estimate of drug-likeness (QED) is 0.443. The Bertz CT molecular complexity index is 1450. The minimum Gasteiger partial charge on any atom is -0.378 e. The second-order valence-electron chi connectivity index (χ2n) is 8.75. The van der Waals surface area contributed by atoms with Crippen molar-refractivity contribution in [2.75, 3.05) is 0 Å². The van der Waals surface area contributed by atoms with Crippen LogP contribution in [-0.2, 0) is 4.79 Å².